The third-order valence-electron chi connectivity index (χ3n) is 2.60. The Morgan fingerprint density at radius 3 is 2.56 bits per heavy atom. The van der Waals surface area contributed by atoms with Crippen molar-refractivity contribution >= 4 is 23.4 Å². The van der Waals surface area contributed by atoms with E-state index in [1.807, 2.05) is 0 Å². The van der Waals surface area contributed by atoms with E-state index in [0.29, 0.717) is 0 Å². The van der Waals surface area contributed by atoms with E-state index in [1.54, 1.807) is 0 Å². The Labute approximate surface area is 102 Å². The number of hydrogen-bond acceptors (Lipinski definition) is 1. The second-order valence-electron chi connectivity index (χ2n) is 3.75. The van der Waals surface area contributed by atoms with Gasteiger partial charge in [0.05, 0.1) is 0 Å². The van der Waals surface area contributed by atoms with Crippen molar-refractivity contribution in [3.63, 3.8) is 0 Å². The van der Waals surface area contributed by atoms with E-state index in [1.165, 1.54) is 16.3 Å². The van der Waals surface area contributed by atoms with Crippen LogP contribution in [-0.4, -0.2) is 5.75 Å². The molecule has 2 aromatic rings. The molecule has 0 aliphatic heterocycles. The van der Waals surface area contributed by atoms with Crippen molar-refractivity contribution < 1.29 is 0 Å². The minimum Gasteiger partial charge on any atom is -0.178 e. The van der Waals surface area contributed by atoms with Crippen LogP contribution in [0, 0.1) is 18.8 Å². The highest BCUT2D eigenvalue weighted by Gasteiger charge is 1.99. The molecule has 1 heteroatoms. The van der Waals surface area contributed by atoms with Gasteiger partial charge in [-0.2, -0.15) is 12.6 Å². The smallest absolute Gasteiger partial charge is 0.0323 e. The topological polar surface area (TPSA) is 0 Å². The van der Waals surface area contributed by atoms with Gasteiger partial charge in [-0.25, -0.2) is 0 Å². The molecule has 0 heterocycles. The summed E-state index contributed by atoms with van der Waals surface area (Å²) in [5.74, 6) is 7.17. The summed E-state index contributed by atoms with van der Waals surface area (Å²) in [4.78, 5) is 0. The zero-order chi connectivity index (χ0) is 11.4. The molecule has 0 amide bonds. The monoisotopic (exact) mass is 226 g/mol. The molecule has 0 bridgehead atoms. The van der Waals surface area contributed by atoms with Crippen LogP contribution in [0.3, 0.4) is 0 Å². The van der Waals surface area contributed by atoms with Crippen molar-refractivity contribution in [1.82, 2.24) is 0 Å². The van der Waals surface area contributed by atoms with Crippen LogP contribution in [0.25, 0.3) is 10.8 Å². The molecule has 80 valence electrons. The van der Waals surface area contributed by atoms with Crippen LogP contribution in [0.2, 0.25) is 0 Å². The summed E-state index contributed by atoms with van der Waals surface area (Å²) in [7, 11) is 0. The first-order valence-electron chi connectivity index (χ1n) is 5.41. The molecule has 0 aromatic heterocycles. The highest BCUT2D eigenvalue weighted by Crippen LogP contribution is 2.21. The Morgan fingerprint density at radius 2 is 1.81 bits per heavy atom. The molecular weight excluding hydrogens is 212 g/mol. The normalized spacial score (nSPS) is 9.88. The van der Waals surface area contributed by atoms with Crippen molar-refractivity contribution in [2.24, 2.45) is 0 Å². The molecule has 0 unspecified atom stereocenters. The molecule has 0 spiro atoms. The standard InChI is InChI=1S/C15H14S/c1-12-9-10-13(6-4-5-11-16)15-8-3-2-7-14(12)15/h2-3,7-10,16H,5,11H2,1H3. The molecule has 0 nitrogen and oxygen atoms in total. The summed E-state index contributed by atoms with van der Waals surface area (Å²) in [6, 6.07) is 12.6. The van der Waals surface area contributed by atoms with E-state index >= 15 is 0 Å². The van der Waals surface area contributed by atoms with Crippen LogP contribution in [0.4, 0.5) is 0 Å². The molecule has 0 aliphatic carbocycles. The van der Waals surface area contributed by atoms with Crippen LogP contribution >= 0.6 is 12.6 Å². The Bertz CT molecular complexity index is 558. The quantitative estimate of drug-likeness (QED) is 0.554. The van der Waals surface area contributed by atoms with Gasteiger partial charge in [0.25, 0.3) is 0 Å². The summed E-state index contributed by atoms with van der Waals surface area (Å²) in [6.07, 6.45) is 0.839. The molecule has 0 radical (unpaired) electrons. The number of thiol groups is 1. The van der Waals surface area contributed by atoms with Gasteiger partial charge in [-0.05, 0) is 29.3 Å². The third kappa shape index (κ3) is 2.23. The second-order valence-corrected chi connectivity index (χ2v) is 4.20. The third-order valence-corrected chi connectivity index (χ3v) is 2.83. The summed E-state index contributed by atoms with van der Waals surface area (Å²) in [6.45, 7) is 2.13. The van der Waals surface area contributed by atoms with Crippen LogP contribution in [0.15, 0.2) is 36.4 Å². The van der Waals surface area contributed by atoms with Crippen LogP contribution < -0.4 is 0 Å². The fourth-order valence-corrected chi connectivity index (χ4v) is 1.88. The van der Waals surface area contributed by atoms with Gasteiger partial charge < -0.3 is 0 Å². The lowest BCUT2D eigenvalue weighted by Gasteiger charge is -2.03. The zero-order valence-electron chi connectivity index (χ0n) is 9.33. The van der Waals surface area contributed by atoms with Crippen molar-refractivity contribution in [2.45, 2.75) is 13.3 Å². The van der Waals surface area contributed by atoms with Gasteiger partial charge in [-0.1, -0.05) is 42.2 Å². The number of aryl methyl sites for hydroxylation is 1. The molecule has 0 saturated carbocycles. The summed E-state index contributed by atoms with van der Waals surface area (Å²) < 4.78 is 0. The van der Waals surface area contributed by atoms with Gasteiger partial charge in [0.15, 0.2) is 0 Å². The largest absolute Gasteiger partial charge is 0.178 e. The summed E-state index contributed by atoms with van der Waals surface area (Å²) in [5.41, 5.74) is 2.42. The Balaban J connectivity index is 2.56. The molecule has 0 N–H and O–H groups in total. The van der Waals surface area contributed by atoms with Crippen molar-refractivity contribution in [3.8, 4) is 11.8 Å². The predicted molar refractivity (Wildman–Crippen MR) is 74.0 cm³/mol. The van der Waals surface area contributed by atoms with Crippen molar-refractivity contribution in [3.05, 3.63) is 47.5 Å². The van der Waals surface area contributed by atoms with Gasteiger partial charge in [0.1, 0.15) is 0 Å². The molecule has 0 fully saturated rings. The lowest BCUT2D eigenvalue weighted by Crippen LogP contribution is -1.83. The number of rotatable bonds is 1. The molecule has 0 atom stereocenters. The Hall–Kier alpha value is -1.39. The van der Waals surface area contributed by atoms with Gasteiger partial charge in [0.2, 0.25) is 0 Å². The van der Waals surface area contributed by atoms with Crippen molar-refractivity contribution in [2.75, 3.05) is 5.75 Å². The van der Waals surface area contributed by atoms with E-state index < -0.39 is 0 Å². The Kier molecular flexibility index (Phi) is 3.54. The minimum atomic E-state index is 0.816. The van der Waals surface area contributed by atoms with Crippen LogP contribution in [0.1, 0.15) is 17.5 Å². The van der Waals surface area contributed by atoms with Crippen LogP contribution in [-0.2, 0) is 0 Å². The molecule has 16 heavy (non-hydrogen) atoms. The highest BCUT2D eigenvalue weighted by molar-refractivity contribution is 7.80. The number of hydrogen-bond donors (Lipinski definition) is 1. The van der Waals surface area contributed by atoms with E-state index in [4.69, 9.17) is 0 Å². The minimum absolute atomic E-state index is 0.816. The average molecular weight is 226 g/mol. The maximum absolute atomic E-state index is 4.15. The lowest BCUT2D eigenvalue weighted by atomic mass is 10.0. The fourth-order valence-electron chi connectivity index (χ4n) is 1.77. The molecule has 0 aliphatic rings. The van der Waals surface area contributed by atoms with Gasteiger partial charge in [-0.3, -0.25) is 0 Å². The van der Waals surface area contributed by atoms with E-state index in [-0.39, 0.29) is 0 Å². The molecule has 2 aromatic carbocycles. The molecule has 2 rings (SSSR count). The SMILES string of the molecule is Cc1ccc(C#CCCS)c2ccccc12. The van der Waals surface area contributed by atoms with Gasteiger partial charge in [0, 0.05) is 17.7 Å². The first-order valence-corrected chi connectivity index (χ1v) is 6.04. The average Bonchev–Trinajstić information content (AvgIpc) is 2.33. The van der Waals surface area contributed by atoms with Crippen molar-refractivity contribution in [1.29, 1.82) is 0 Å². The summed E-state index contributed by atoms with van der Waals surface area (Å²) in [5, 5.41) is 2.54. The first-order chi connectivity index (χ1) is 7.83. The molecule has 0 saturated heterocycles. The predicted octanol–water partition coefficient (Wildman–Crippen LogP) is 3.82. The molecular formula is C15H14S. The Morgan fingerprint density at radius 1 is 1.06 bits per heavy atom. The van der Waals surface area contributed by atoms with E-state index in [0.717, 1.165) is 17.7 Å². The maximum Gasteiger partial charge on any atom is 0.0323 e. The number of fused-ring (bicyclic) bond motifs is 1. The van der Waals surface area contributed by atoms with Gasteiger partial charge in [-0.15, -0.1) is 0 Å². The highest BCUT2D eigenvalue weighted by atomic mass is 32.1. The zero-order valence-corrected chi connectivity index (χ0v) is 10.2. The maximum atomic E-state index is 4.15. The fraction of sp³-hybridized carbons (Fsp3) is 0.200. The van der Waals surface area contributed by atoms with E-state index in [2.05, 4.69) is 67.8 Å². The number of benzene rings is 2. The lowest BCUT2D eigenvalue weighted by molar-refractivity contribution is 1.31. The van der Waals surface area contributed by atoms with E-state index in [9.17, 15) is 0 Å². The second kappa shape index (κ2) is 5.09. The first kappa shape index (κ1) is 11.1. The summed E-state index contributed by atoms with van der Waals surface area (Å²) >= 11 is 4.15. The van der Waals surface area contributed by atoms with Gasteiger partial charge >= 0.3 is 0 Å². The van der Waals surface area contributed by atoms with Crippen LogP contribution in [0.5, 0.6) is 0 Å².